The third-order valence-electron chi connectivity index (χ3n) is 5.20. The van der Waals surface area contributed by atoms with E-state index < -0.39 is 5.60 Å². The van der Waals surface area contributed by atoms with Crippen molar-refractivity contribution in [1.29, 1.82) is 0 Å². The number of nitrogens with one attached hydrogen (secondary N) is 1. The monoisotopic (exact) mass is 525 g/mol. The maximum absolute atomic E-state index is 12.6. The molecule has 3 aromatic rings. The van der Waals surface area contributed by atoms with Gasteiger partial charge < -0.3 is 14.8 Å². The molecule has 1 N–H and O–H groups in total. The molecule has 0 spiro atoms. The van der Waals surface area contributed by atoms with E-state index in [1.165, 1.54) is 13.3 Å². The number of amides is 2. The summed E-state index contributed by atoms with van der Waals surface area (Å²) in [5, 5.41) is 3.09. The molecule has 0 fully saturated rings. The van der Waals surface area contributed by atoms with Crippen LogP contribution in [0.3, 0.4) is 0 Å². The quantitative estimate of drug-likeness (QED) is 0.412. The summed E-state index contributed by atoms with van der Waals surface area (Å²) in [6.07, 6.45) is 4.55. The van der Waals surface area contributed by atoms with Gasteiger partial charge in [-0.1, -0.05) is 17.7 Å². The van der Waals surface area contributed by atoms with Crippen LogP contribution in [0, 0.1) is 0 Å². The van der Waals surface area contributed by atoms with E-state index in [0.29, 0.717) is 23.1 Å². The molecule has 0 atom stereocenters. The van der Waals surface area contributed by atoms with Gasteiger partial charge in [-0.2, -0.15) is 0 Å². The molecule has 3 aromatic heterocycles. The highest BCUT2D eigenvalue weighted by Crippen LogP contribution is 2.25. The van der Waals surface area contributed by atoms with E-state index in [0.717, 1.165) is 22.5 Å². The first-order chi connectivity index (χ1) is 17.4. The van der Waals surface area contributed by atoms with E-state index >= 15 is 0 Å². The maximum Gasteiger partial charge on any atom is 0.410 e. The maximum atomic E-state index is 12.6. The van der Waals surface area contributed by atoms with Crippen molar-refractivity contribution in [1.82, 2.24) is 19.9 Å². The van der Waals surface area contributed by atoms with E-state index in [2.05, 4.69) is 20.3 Å². The largest absolute Gasteiger partial charge is 0.495 e. The van der Waals surface area contributed by atoms with Crippen LogP contribution in [0.2, 0.25) is 5.02 Å². The minimum absolute atomic E-state index is 0.0414. The minimum Gasteiger partial charge on any atom is -0.495 e. The Balaban J connectivity index is 1.61. The van der Waals surface area contributed by atoms with Crippen LogP contribution in [0.5, 0.6) is 5.75 Å². The number of pyridine rings is 3. The lowest BCUT2D eigenvalue weighted by Crippen LogP contribution is -2.40. The van der Waals surface area contributed by atoms with Gasteiger partial charge in [0.05, 0.1) is 37.7 Å². The van der Waals surface area contributed by atoms with Crippen LogP contribution in [0.1, 0.15) is 45.9 Å². The van der Waals surface area contributed by atoms with Gasteiger partial charge in [0.25, 0.3) is 0 Å². The van der Waals surface area contributed by atoms with Crippen molar-refractivity contribution in [3.8, 4) is 17.0 Å². The van der Waals surface area contributed by atoms with E-state index in [-0.39, 0.29) is 24.5 Å². The second-order valence-electron chi connectivity index (χ2n) is 9.72. The second-order valence-corrected chi connectivity index (χ2v) is 10.1. The lowest BCUT2D eigenvalue weighted by atomic mass is 10.1. The zero-order valence-electron chi connectivity index (χ0n) is 21.9. The Bertz CT molecular complexity index is 1230. The molecule has 37 heavy (non-hydrogen) atoms. The SMILES string of the molecule is COc1cc(NC(=O)Cc2ccc(-c3ccc(CN(C(=O)OC(C)(C)C)C(C)C)nc3)nc2)ncc1Cl. The average Bonchev–Trinajstić information content (AvgIpc) is 2.83. The lowest BCUT2D eigenvalue weighted by molar-refractivity contribution is -0.115. The Kier molecular flexibility index (Phi) is 9.04. The molecule has 0 aliphatic carbocycles. The predicted octanol–water partition coefficient (Wildman–Crippen LogP) is 5.53. The molecule has 3 rings (SSSR count). The number of methoxy groups -OCH3 is 1. The molecule has 0 aromatic carbocycles. The van der Waals surface area contributed by atoms with Gasteiger partial charge in [-0.3, -0.25) is 19.7 Å². The van der Waals surface area contributed by atoms with Gasteiger partial charge >= 0.3 is 6.09 Å². The van der Waals surface area contributed by atoms with E-state index in [1.807, 2.05) is 58.9 Å². The van der Waals surface area contributed by atoms with Crippen LogP contribution in [-0.2, 0) is 22.5 Å². The van der Waals surface area contributed by atoms with Gasteiger partial charge in [-0.15, -0.1) is 0 Å². The van der Waals surface area contributed by atoms with Crippen LogP contribution in [0.25, 0.3) is 11.3 Å². The standard InChI is InChI=1S/C27H32ClN5O4/c1-17(2)33(26(35)37-27(3,4)5)16-20-9-8-19(14-29-20)22-10-7-18(13-30-22)11-25(34)32-24-12-23(36-6)21(28)15-31-24/h7-10,12-15,17H,11,16H2,1-6H3,(H,31,32,34). The van der Waals surface area contributed by atoms with Gasteiger partial charge in [-0.05, 0) is 58.4 Å². The number of ether oxygens (including phenoxy) is 2. The summed E-state index contributed by atoms with van der Waals surface area (Å²) >= 11 is 5.97. The van der Waals surface area contributed by atoms with Crippen LogP contribution in [0.4, 0.5) is 10.6 Å². The molecule has 3 heterocycles. The Morgan fingerprint density at radius 3 is 2.38 bits per heavy atom. The Morgan fingerprint density at radius 1 is 1.05 bits per heavy atom. The van der Waals surface area contributed by atoms with Crippen molar-refractivity contribution < 1.29 is 19.1 Å². The lowest BCUT2D eigenvalue weighted by Gasteiger charge is -2.29. The molecule has 10 heteroatoms. The summed E-state index contributed by atoms with van der Waals surface area (Å²) in [6.45, 7) is 9.74. The highest BCUT2D eigenvalue weighted by atomic mass is 35.5. The van der Waals surface area contributed by atoms with Crippen LogP contribution in [-0.4, -0.2) is 50.6 Å². The van der Waals surface area contributed by atoms with Crippen molar-refractivity contribution in [3.05, 3.63) is 65.2 Å². The topological polar surface area (TPSA) is 107 Å². The number of hydrogen-bond acceptors (Lipinski definition) is 7. The molecule has 0 unspecified atom stereocenters. The Labute approximate surface area is 222 Å². The van der Waals surface area contributed by atoms with E-state index in [9.17, 15) is 9.59 Å². The number of hydrogen-bond donors (Lipinski definition) is 1. The number of rotatable bonds is 8. The average molecular weight is 526 g/mol. The fraction of sp³-hybridized carbons (Fsp3) is 0.370. The smallest absolute Gasteiger partial charge is 0.410 e. The second kappa shape index (κ2) is 12.0. The molecule has 0 radical (unpaired) electrons. The van der Waals surface area contributed by atoms with Crippen molar-refractivity contribution in [2.24, 2.45) is 0 Å². The number of carbonyl (C=O) groups excluding carboxylic acids is 2. The van der Waals surface area contributed by atoms with E-state index in [4.69, 9.17) is 21.1 Å². The van der Waals surface area contributed by atoms with Crippen molar-refractivity contribution >= 4 is 29.4 Å². The normalized spacial score (nSPS) is 11.2. The Morgan fingerprint density at radius 2 is 1.81 bits per heavy atom. The zero-order chi connectivity index (χ0) is 27.2. The van der Waals surface area contributed by atoms with Crippen molar-refractivity contribution in [2.45, 2.75) is 59.2 Å². The van der Waals surface area contributed by atoms with Gasteiger partial charge in [0, 0.05) is 30.1 Å². The van der Waals surface area contributed by atoms with Gasteiger partial charge in [0.2, 0.25) is 5.91 Å². The van der Waals surface area contributed by atoms with Crippen LogP contribution >= 0.6 is 11.6 Å². The number of anilines is 1. The van der Waals surface area contributed by atoms with Gasteiger partial charge in [0.1, 0.15) is 22.2 Å². The summed E-state index contributed by atoms with van der Waals surface area (Å²) in [5.41, 5.74) is 2.46. The third-order valence-corrected chi connectivity index (χ3v) is 5.49. The zero-order valence-corrected chi connectivity index (χ0v) is 22.7. The molecule has 9 nitrogen and oxygen atoms in total. The van der Waals surface area contributed by atoms with E-state index in [1.54, 1.807) is 23.4 Å². The summed E-state index contributed by atoms with van der Waals surface area (Å²) in [7, 11) is 1.49. The van der Waals surface area contributed by atoms with Crippen LogP contribution < -0.4 is 10.1 Å². The predicted molar refractivity (Wildman–Crippen MR) is 143 cm³/mol. The summed E-state index contributed by atoms with van der Waals surface area (Å²) in [4.78, 5) is 39.7. The van der Waals surface area contributed by atoms with Gasteiger partial charge in [-0.25, -0.2) is 9.78 Å². The molecular weight excluding hydrogens is 494 g/mol. The molecule has 0 aliphatic rings. The molecular formula is C27H32ClN5O4. The number of aromatic nitrogens is 3. The molecule has 0 saturated heterocycles. The molecule has 196 valence electrons. The number of halogens is 1. The van der Waals surface area contributed by atoms with Gasteiger partial charge in [0.15, 0.2) is 0 Å². The summed E-state index contributed by atoms with van der Waals surface area (Å²) in [5.74, 6) is 0.543. The Hall–Kier alpha value is -3.72. The fourth-order valence-electron chi connectivity index (χ4n) is 3.34. The molecule has 0 bridgehead atoms. The minimum atomic E-state index is -0.569. The highest BCUT2D eigenvalue weighted by molar-refractivity contribution is 6.32. The summed E-state index contributed by atoms with van der Waals surface area (Å²) in [6, 6.07) is 8.97. The fourth-order valence-corrected chi connectivity index (χ4v) is 3.52. The number of carbonyl (C=O) groups is 2. The molecule has 2 amide bonds. The first-order valence-corrected chi connectivity index (χ1v) is 12.2. The highest BCUT2D eigenvalue weighted by Gasteiger charge is 2.24. The van der Waals surface area contributed by atoms with Crippen molar-refractivity contribution in [2.75, 3.05) is 12.4 Å². The van der Waals surface area contributed by atoms with Crippen molar-refractivity contribution in [3.63, 3.8) is 0 Å². The first-order valence-electron chi connectivity index (χ1n) is 11.8. The van der Waals surface area contributed by atoms with Crippen LogP contribution in [0.15, 0.2) is 48.9 Å². The number of nitrogens with zero attached hydrogens (tertiary/aromatic N) is 4. The first kappa shape index (κ1) is 27.9. The molecule has 0 aliphatic heterocycles. The molecule has 0 saturated carbocycles. The summed E-state index contributed by atoms with van der Waals surface area (Å²) < 4.78 is 10.7. The third kappa shape index (κ3) is 8.15.